The van der Waals surface area contributed by atoms with Gasteiger partial charge in [0.25, 0.3) is 11.8 Å². The Morgan fingerprint density at radius 2 is 1.14 bits per heavy atom. The Hall–Kier alpha value is -4.89. The summed E-state index contributed by atoms with van der Waals surface area (Å²) in [6.45, 7) is 9.95. The van der Waals surface area contributed by atoms with Crippen molar-refractivity contribution in [3.8, 4) is 0 Å². The molecule has 6 atom stereocenters. The van der Waals surface area contributed by atoms with Crippen LogP contribution in [-0.2, 0) is 14.4 Å². The Labute approximate surface area is 344 Å². The smallest absolute Gasteiger partial charge is 0.269 e. The molecule has 0 saturated carbocycles. The second kappa shape index (κ2) is 23.5. The molecule has 58 heavy (non-hydrogen) atoms. The number of rotatable bonds is 22. The first-order valence-electron chi connectivity index (χ1n) is 21.0. The van der Waals surface area contributed by atoms with E-state index in [9.17, 15) is 24.0 Å². The topological polar surface area (TPSA) is 190 Å². The van der Waals surface area contributed by atoms with E-state index in [1.807, 2.05) is 11.8 Å². The van der Waals surface area contributed by atoms with Gasteiger partial charge in [-0.2, -0.15) is 0 Å². The maximum atomic E-state index is 14.0. The molecule has 4 rings (SSSR count). The quantitative estimate of drug-likeness (QED) is 0.0967. The van der Waals surface area contributed by atoms with Gasteiger partial charge in [-0.05, 0) is 105 Å². The van der Waals surface area contributed by atoms with Crippen molar-refractivity contribution in [3.63, 3.8) is 0 Å². The molecule has 4 heterocycles. The molecule has 2 aromatic rings. The van der Waals surface area contributed by atoms with Crippen LogP contribution in [0.1, 0.15) is 113 Å². The van der Waals surface area contributed by atoms with Gasteiger partial charge in [-0.1, -0.05) is 43.4 Å². The van der Waals surface area contributed by atoms with Gasteiger partial charge < -0.3 is 41.7 Å². The van der Waals surface area contributed by atoms with Crippen LogP contribution in [0.15, 0.2) is 60.1 Å². The molecule has 2 aromatic heterocycles. The number of carbonyl (C=O) groups is 5. The number of hydrogen-bond acceptors (Lipinski definition) is 10. The summed E-state index contributed by atoms with van der Waals surface area (Å²) < 4.78 is 0. The van der Waals surface area contributed by atoms with Gasteiger partial charge in [-0.25, -0.2) is 0 Å². The number of likely N-dealkylation sites (N-methyl/N-ethyl adjacent to an activating group) is 2. The summed E-state index contributed by atoms with van der Waals surface area (Å²) in [5, 5.41) is 18.4. The average Bonchev–Trinajstić information content (AvgIpc) is 3.91. The number of amides is 5. The van der Waals surface area contributed by atoms with Gasteiger partial charge in [0.1, 0.15) is 17.4 Å². The number of carbonyl (C=O) groups excluding carboxylic acids is 5. The predicted octanol–water partition coefficient (Wildman–Crippen LogP) is 2.91. The summed E-state index contributed by atoms with van der Waals surface area (Å²) in [7, 11) is 3.48. The molecule has 2 aliphatic heterocycles. The first kappa shape index (κ1) is 45.8. The van der Waals surface area contributed by atoms with Gasteiger partial charge in [-0.15, -0.1) is 0 Å². The Morgan fingerprint density at radius 1 is 0.672 bits per heavy atom. The van der Waals surface area contributed by atoms with Crippen LogP contribution < -0.4 is 31.9 Å². The normalized spacial score (nSPS) is 18.4. The first-order chi connectivity index (χ1) is 27.9. The molecular weight excluding hydrogens is 737 g/mol. The molecule has 15 heteroatoms. The standard InChI is InChI=1S/C43H66N10O5/c1-29(2)38(52-25-15-17-32(52)27-48-41(56)35-20-11-13-23-46-35)34(50-39(54)30(3)44-5)19-9-7-8-10-22-37(51-40(55)31(4)45-6)43(58)53-26-16-18-33(53)28-49-42(57)36-21-12-14-24-47-36/h11-14,20-21,23-24,30-34,37,44-45H,7-10,15-19,22,25-28H2,1-6H3,(H,48,56)(H,49,57)(H,50,54)(H,51,55)/t30-,31-,32?,33?,34?,37?/m0/s1. The highest BCUT2D eigenvalue weighted by Crippen LogP contribution is 2.29. The summed E-state index contributed by atoms with van der Waals surface area (Å²) in [5.41, 5.74) is 2.92. The Kier molecular flexibility index (Phi) is 18.6. The van der Waals surface area contributed by atoms with Crippen LogP contribution in [0, 0.1) is 0 Å². The summed E-state index contributed by atoms with van der Waals surface area (Å²) >= 11 is 0. The van der Waals surface area contributed by atoms with Crippen molar-refractivity contribution in [2.45, 2.75) is 128 Å². The highest BCUT2D eigenvalue weighted by atomic mass is 16.2. The van der Waals surface area contributed by atoms with E-state index in [1.165, 1.54) is 0 Å². The number of aromatic nitrogens is 2. The van der Waals surface area contributed by atoms with Gasteiger partial charge >= 0.3 is 0 Å². The lowest BCUT2D eigenvalue weighted by molar-refractivity contribution is -0.137. The average molecular weight is 803 g/mol. The highest BCUT2D eigenvalue weighted by Gasteiger charge is 2.35. The second-order valence-electron chi connectivity index (χ2n) is 15.7. The van der Waals surface area contributed by atoms with Crippen LogP contribution in [0.25, 0.3) is 0 Å². The predicted molar refractivity (Wildman–Crippen MR) is 225 cm³/mol. The SMILES string of the molecule is CN[C@@H](C)C(=O)NC(CCCCCCC(NC(=O)[C@H](C)NC)C(=C(C)C)N1CCCC1CNC(=O)c1ccccn1)C(=O)N1CCCC1CNC(=O)c1ccccn1. The third-order valence-corrected chi connectivity index (χ3v) is 11.3. The molecule has 5 amide bonds. The minimum absolute atomic E-state index is 0.0742. The molecule has 318 valence electrons. The van der Waals surface area contributed by atoms with Crippen LogP contribution in [-0.4, -0.2) is 126 Å². The molecule has 6 N–H and O–H groups in total. The van der Waals surface area contributed by atoms with Gasteiger partial charge in [0, 0.05) is 56.4 Å². The third kappa shape index (κ3) is 13.3. The fraction of sp³-hybridized carbons (Fsp3) is 0.605. The van der Waals surface area contributed by atoms with Gasteiger partial charge in [0.15, 0.2) is 0 Å². The molecule has 0 aromatic carbocycles. The van der Waals surface area contributed by atoms with E-state index in [0.717, 1.165) is 75.6 Å². The van der Waals surface area contributed by atoms with Crippen molar-refractivity contribution >= 4 is 29.5 Å². The fourth-order valence-corrected chi connectivity index (χ4v) is 7.78. The minimum atomic E-state index is -0.687. The zero-order valence-corrected chi connectivity index (χ0v) is 35.3. The largest absolute Gasteiger partial charge is 0.368 e. The Morgan fingerprint density at radius 3 is 1.60 bits per heavy atom. The lowest BCUT2D eigenvalue weighted by Crippen LogP contribution is -2.54. The van der Waals surface area contributed by atoms with Crippen LogP contribution >= 0.6 is 0 Å². The Balaban J connectivity index is 1.37. The molecule has 0 radical (unpaired) electrons. The van der Waals surface area contributed by atoms with Crippen molar-refractivity contribution in [2.24, 2.45) is 0 Å². The highest BCUT2D eigenvalue weighted by molar-refractivity contribution is 5.93. The first-order valence-corrected chi connectivity index (χ1v) is 21.0. The lowest BCUT2D eigenvalue weighted by atomic mass is 9.98. The van der Waals surface area contributed by atoms with Gasteiger partial charge in [0.05, 0.1) is 18.1 Å². The van der Waals surface area contributed by atoms with Gasteiger partial charge in [0.2, 0.25) is 17.7 Å². The van der Waals surface area contributed by atoms with E-state index in [2.05, 4.69) is 60.6 Å². The maximum Gasteiger partial charge on any atom is 0.269 e. The van der Waals surface area contributed by atoms with Crippen LogP contribution in [0.5, 0.6) is 0 Å². The number of unbranched alkanes of at least 4 members (excludes halogenated alkanes) is 3. The third-order valence-electron chi connectivity index (χ3n) is 11.3. The number of nitrogens with one attached hydrogen (secondary N) is 6. The van der Waals surface area contributed by atoms with Crippen molar-refractivity contribution in [1.82, 2.24) is 51.7 Å². The molecule has 0 aliphatic carbocycles. The lowest BCUT2D eigenvalue weighted by Gasteiger charge is -2.36. The molecule has 2 aliphatic rings. The number of likely N-dealkylation sites (tertiary alicyclic amines) is 2. The molecule has 4 unspecified atom stereocenters. The number of allylic oxidation sites excluding steroid dienone is 1. The number of pyridine rings is 2. The molecule has 2 fully saturated rings. The van der Waals surface area contributed by atoms with E-state index >= 15 is 0 Å². The zero-order chi connectivity index (χ0) is 42.0. The van der Waals surface area contributed by atoms with Crippen molar-refractivity contribution < 1.29 is 24.0 Å². The fourth-order valence-electron chi connectivity index (χ4n) is 7.78. The summed E-state index contributed by atoms with van der Waals surface area (Å²) in [4.78, 5) is 78.4. The second-order valence-corrected chi connectivity index (χ2v) is 15.7. The van der Waals surface area contributed by atoms with E-state index in [-0.39, 0.29) is 53.7 Å². The van der Waals surface area contributed by atoms with E-state index in [4.69, 9.17) is 0 Å². The molecule has 0 spiro atoms. The van der Waals surface area contributed by atoms with Gasteiger partial charge in [-0.3, -0.25) is 33.9 Å². The summed E-state index contributed by atoms with van der Waals surface area (Å²) in [6.07, 6.45) is 11.2. The maximum absolute atomic E-state index is 14.0. The van der Waals surface area contributed by atoms with Crippen LogP contribution in [0.3, 0.4) is 0 Å². The van der Waals surface area contributed by atoms with E-state index in [1.54, 1.807) is 69.8 Å². The molecule has 0 bridgehead atoms. The van der Waals surface area contributed by atoms with E-state index in [0.29, 0.717) is 37.4 Å². The Bertz CT molecular complexity index is 1670. The monoisotopic (exact) mass is 803 g/mol. The number of hydrogen-bond donors (Lipinski definition) is 6. The van der Waals surface area contributed by atoms with Crippen LogP contribution in [0.4, 0.5) is 0 Å². The summed E-state index contributed by atoms with van der Waals surface area (Å²) in [5.74, 6) is -0.926. The molecule has 15 nitrogen and oxygen atoms in total. The molecule has 2 saturated heterocycles. The van der Waals surface area contributed by atoms with E-state index < -0.39 is 12.1 Å². The number of nitrogens with zero attached hydrogens (tertiary/aromatic N) is 4. The minimum Gasteiger partial charge on any atom is -0.368 e. The van der Waals surface area contributed by atoms with Crippen molar-refractivity contribution in [1.29, 1.82) is 0 Å². The van der Waals surface area contributed by atoms with Crippen molar-refractivity contribution in [2.75, 3.05) is 40.3 Å². The molecular formula is C43H66N10O5. The zero-order valence-electron chi connectivity index (χ0n) is 35.3. The van der Waals surface area contributed by atoms with Crippen LogP contribution in [0.2, 0.25) is 0 Å². The van der Waals surface area contributed by atoms with Crippen molar-refractivity contribution in [3.05, 3.63) is 71.4 Å². The summed E-state index contributed by atoms with van der Waals surface area (Å²) in [6, 6.07) is 8.63.